The molecule has 98 valence electrons. The summed E-state index contributed by atoms with van der Waals surface area (Å²) < 4.78 is 54.5. The Labute approximate surface area is 99.7 Å². The second-order valence-corrected chi connectivity index (χ2v) is 3.80. The molecule has 0 unspecified atom stereocenters. The molecule has 18 heavy (non-hydrogen) atoms. The smallest absolute Gasteiger partial charge is 0.383 e. The van der Waals surface area contributed by atoms with Crippen LogP contribution < -0.4 is 10.1 Å². The molecular weight excluding hydrogens is 254 g/mol. The number of hydrogen-bond acceptors (Lipinski definition) is 2. The van der Waals surface area contributed by atoms with Gasteiger partial charge in [0.05, 0.1) is 6.61 Å². The topological polar surface area (TPSA) is 38.3 Å². The molecule has 1 aromatic carbocycles. The van der Waals surface area contributed by atoms with Gasteiger partial charge in [-0.1, -0.05) is 0 Å². The molecule has 3 nitrogen and oxygen atoms in total. The Bertz CT molecular complexity index is 476. The van der Waals surface area contributed by atoms with Crippen LogP contribution in [0.3, 0.4) is 0 Å². The molecule has 0 saturated heterocycles. The lowest BCUT2D eigenvalue weighted by molar-refractivity contribution is -0.163. The van der Waals surface area contributed by atoms with Crippen LogP contribution in [0.4, 0.5) is 23.2 Å². The van der Waals surface area contributed by atoms with E-state index in [4.69, 9.17) is 4.74 Å². The number of benzene rings is 1. The minimum atomic E-state index is -4.70. The fourth-order valence-corrected chi connectivity index (χ4v) is 1.58. The Balaban J connectivity index is 2.13. The van der Waals surface area contributed by atoms with Crippen molar-refractivity contribution in [1.82, 2.24) is 0 Å². The molecule has 1 aliphatic heterocycles. The summed E-state index contributed by atoms with van der Waals surface area (Å²) >= 11 is 0. The summed E-state index contributed by atoms with van der Waals surface area (Å²) in [6.45, 7) is 0.472. The van der Waals surface area contributed by atoms with Crippen molar-refractivity contribution < 1.29 is 27.1 Å². The predicted octanol–water partition coefficient (Wildman–Crippen LogP) is 2.46. The molecule has 1 aromatic rings. The van der Waals surface area contributed by atoms with Crippen molar-refractivity contribution in [1.29, 1.82) is 0 Å². The van der Waals surface area contributed by atoms with Gasteiger partial charge in [-0.25, -0.2) is 8.78 Å². The third-order valence-electron chi connectivity index (χ3n) is 2.52. The van der Waals surface area contributed by atoms with E-state index < -0.39 is 18.3 Å². The third-order valence-corrected chi connectivity index (χ3v) is 2.52. The van der Waals surface area contributed by atoms with Crippen molar-refractivity contribution in [3.63, 3.8) is 0 Å². The Morgan fingerprint density at radius 2 is 2.11 bits per heavy atom. The quantitative estimate of drug-likeness (QED) is 0.851. The van der Waals surface area contributed by atoms with Gasteiger partial charge in [0.15, 0.2) is 0 Å². The minimum Gasteiger partial charge on any atom is -0.493 e. The molecular formula is C11H9F4NO2. The van der Waals surface area contributed by atoms with Crippen LogP contribution >= 0.6 is 0 Å². The number of anilines is 1. The monoisotopic (exact) mass is 263 g/mol. The van der Waals surface area contributed by atoms with Crippen molar-refractivity contribution in [2.45, 2.75) is 18.8 Å². The van der Waals surface area contributed by atoms with Gasteiger partial charge in [-0.3, -0.25) is 4.79 Å². The van der Waals surface area contributed by atoms with E-state index in [1.165, 1.54) is 18.2 Å². The fraction of sp³-hybridized carbons (Fsp3) is 0.364. The zero-order valence-corrected chi connectivity index (χ0v) is 9.05. The maximum atomic E-state index is 12.7. The Hall–Kier alpha value is -1.79. The van der Waals surface area contributed by atoms with Crippen LogP contribution in [0.2, 0.25) is 0 Å². The van der Waals surface area contributed by atoms with Gasteiger partial charge in [0.2, 0.25) is 0 Å². The van der Waals surface area contributed by atoms with Crippen LogP contribution in [-0.2, 0) is 11.2 Å². The van der Waals surface area contributed by atoms with Crippen LogP contribution in [0, 0.1) is 0 Å². The van der Waals surface area contributed by atoms with Crippen molar-refractivity contribution in [3.05, 3.63) is 23.8 Å². The van der Waals surface area contributed by atoms with Crippen LogP contribution in [0.15, 0.2) is 18.2 Å². The van der Waals surface area contributed by atoms with Gasteiger partial charge in [0.25, 0.3) is 0 Å². The highest BCUT2D eigenvalue weighted by molar-refractivity contribution is 5.96. The Morgan fingerprint density at radius 3 is 2.78 bits per heavy atom. The van der Waals surface area contributed by atoms with Crippen molar-refractivity contribution in [3.8, 4) is 5.75 Å². The van der Waals surface area contributed by atoms with Crippen molar-refractivity contribution in [2.24, 2.45) is 0 Å². The molecule has 0 fully saturated rings. The van der Waals surface area contributed by atoms with E-state index in [1.807, 2.05) is 0 Å². The van der Waals surface area contributed by atoms with Crippen LogP contribution in [0.25, 0.3) is 0 Å². The molecule has 0 aromatic heterocycles. The molecule has 1 heterocycles. The first kappa shape index (κ1) is 12.7. The fourth-order valence-electron chi connectivity index (χ4n) is 1.58. The van der Waals surface area contributed by atoms with E-state index in [9.17, 15) is 22.4 Å². The van der Waals surface area contributed by atoms with Gasteiger partial charge < -0.3 is 10.1 Å². The summed E-state index contributed by atoms with van der Waals surface area (Å²) in [6, 6.07) is 4.25. The highest BCUT2D eigenvalue weighted by atomic mass is 19.3. The highest BCUT2D eigenvalue weighted by Crippen LogP contribution is 2.29. The minimum absolute atomic E-state index is 0.0459. The number of halogens is 4. The second-order valence-electron chi connectivity index (χ2n) is 3.80. The van der Waals surface area contributed by atoms with E-state index >= 15 is 0 Å². The highest BCUT2D eigenvalue weighted by Gasteiger charge is 2.48. The lowest BCUT2D eigenvalue weighted by atomic mass is 10.1. The molecule has 0 spiro atoms. The van der Waals surface area contributed by atoms with E-state index in [0.717, 1.165) is 5.56 Å². The summed E-state index contributed by atoms with van der Waals surface area (Å²) in [6.07, 6.45) is -3.44. The first-order chi connectivity index (χ1) is 8.41. The lowest BCUT2D eigenvalue weighted by Gasteiger charge is -2.15. The molecule has 0 aliphatic carbocycles. The number of rotatable bonds is 3. The second kappa shape index (κ2) is 4.47. The maximum Gasteiger partial charge on any atom is 0.383 e. The molecule has 7 heteroatoms. The number of nitrogens with one attached hydrogen (secondary N) is 1. The number of carbonyl (C=O) groups is 1. The number of alkyl halides is 4. The van der Waals surface area contributed by atoms with Gasteiger partial charge in [-0.05, 0) is 23.8 Å². The maximum absolute atomic E-state index is 12.7. The molecule has 0 saturated carbocycles. The van der Waals surface area contributed by atoms with E-state index in [0.29, 0.717) is 18.8 Å². The van der Waals surface area contributed by atoms with Gasteiger partial charge in [-0.15, -0.1) is 0 Å². The van der Waals surface area contributed by atoms with Crippen molar-refractivity contribution in [2.75, 3.05) is 11.9 Å². The summed E-state index contributed by atoms with van der Waals surface area (Å²) in [5.74, 6) is -6.11. The van der Waals surface area contributed by atoms with Crippen LogP contribution in [0.5, 0.6) is 5.75 Å². The van der Waals surface area contributed by atoms with Crippen LogP contribution in [-0.4, -0.2) is 24.9 Å². The number of ether oxygens (including phenoxy) is 1. The first-order valence-corrected chi connectivity index (χ1v) is 5.14. The zero-order chi connectivity index (χ0) is 13.3. The lowest BCUT2D eigenvalue weighted by Crippen LogP contribution is -2.40. The molecule has 1 aliphatic rings. The third kappa shape index (κ3) is 2.25. The Morgan fingerprint density at radius 1 is 1.39 bits per heavy atom. The molecule has 0 radical (unpaired) electrons. The SMILES string of the molecule is O=C(Nc1ccc2c(c1)CCO2)C(F)(F)C(F)F. The predicted molar refractivity (Wildman–Crippen MR) is 55.2 cm³/mol. The van der Waals surface area contributed by atoms with Gasteiger partial charge >= 0.3 is 18.3 Å². The molecule has 1 N–H and O–H groups in total. The normalized spacial score (nSPS) is 14.3. The average Bonchev–Trinajstić information content (AvgIpc) is 2.75. The number of amides is 1. The number of hydrogen-bond donors (Lipinski definition) is 1. The molecule has 0 bridgehead atoms. The summed E-state index contributed by atoms with van der Waals surface area (Å²) in [7, 11) is 0. The van der Waals surface area contributed by atoms with Crippen molar-refractivity contribution >= 4 is 11.6 Å². The summed E-state index contributed by atoms with van der Waals surface area (Å²) in [5, 5.41) is 1.77. The summed E-state index contributed by atoms with van der Waals surface area (Å²) in [5.41, 5.74) is 0.790. The van der Waals surface area contributed by atoms with Gasteiger partial charge in [-0.2, -0.15) is 8.78 Å². The molecule has 1 amide bonds. The van der Waals surface area contributed by atoms with E-state index in [1.54, 1.807) is 5.32 Å². The standard InChI is InChI=1S/C11H9F4NO2/c12-9(13)11(14,15)10(17)16-7-1-2-8-6(5-7)3-4-18-8/h1-2,5,9H,3-4H2,(H,16,17). The van der Waals surface area contributed by atoms with Crippen LogP contribution in [0.1, 0.15) is 5.56 Å². The molecule has 0 atom stereocenters. The van der Waals surface area contributed by atoms with E-state index in [-0.39, 0.29) is 5.69 Å². The average molecular weight is 263 g/mol. The zero-order valence-electron chi connectivity index (χ0n) is 9.05. The first-order valence-electron chi connectivity index (χ1n) is 5.14. The summed E-state index contributed by atoms with van der Waals surface area (Å²) in [4.78, 5) is 11.0. The molecule has 2 rings (SSSR count). The largest absolute Gasteiger partial charge is 0.493 e. The van der Waals surface area contributed by atoms with E-state index in [2.05, 4.69) is 0 Å². The van der Waals surface area contributed by atoms with Gasteiger partial charge in [0, 0.05) is 12.1 Å². The number of fused-ring (bicyclic) bond motifs is 1. The Kier molecular flexibility index (Phi) is 3.14. The number of carbonyl (C=O) groups excluding carboxylic acids is 1. The van der Waals surface area contributed by atoms with Gasteiger partial charge in [0.1, 0.15) is 5.75 Å².